The van der Waals surface area contributed by atoms with Crippen LogP contribution in [0.5, 0.6) is 0 Å². The Kier molecular flexibility index (Phi) is 8.58. The van der Waals surface area contributed by atoms with Crippen molar-refractivity contribution in [2.24, 2.45) is 11.3 Å². The van der Waals surface area contributed by atoms with Crippen molar-refractivity contribution in [3.05, 3.63) is 47.7 Å². The first-order valence-corrected chi connectivity index (χ1v) is 13.8. The number of ether oxygens (including phenoxy) is 1. The van der Waals surface area contributed by atoms with Crippen molar-refractivity contribution in [3.63, 3.8) is 0 Å². The zero-order valence-electron chi connectivity index (χ0n) is 24.1. The number of rotatable bonds is 1. The van der Waals surface area contributed by atoms with Crippen LogP contribution in [0.25, 0.3) is 17.0 Å². The van der Waals surface area contributed by atoms with Gasteiger partial charge >= 0.3 is 5.97 Å². The number of fused-ring (bicyclic) bond motifs is 4. The zero-order valence-corrected chi connectivity index (χ0v) is 24.1. The van der Waals surface area contributed by atoms with Crippen LogP contribution >= 0.6 is 0 Å². The molecule has 0 aliphatic carbocycles. The van der Waals surface area contributed by atoms with Crippen LogP contribution < -0.4 is 10.7 Å². The molecule has 1 aromatic carbocycles. The van der Waals surface area contributed by atoms with Crippen LogP contribution in [0, 0.1) is 11.3 Å². The first-order chi connectivity index (χ1) is 18.9. The summed E-state index contributed by atoms with van der Waals surface area (Å²) in [5.74, 6) is -1.93. The summed E-state index contributed by atoms with van der Waals surface area (Å²) in [7, 11) is 1.72. The Bertz CT molecular complexity index is 1340. The second kappa shape index (κ2) is 11.8. The predicted octanol–water partition coefficient (Wildman–Crippen LogP) is 2.81. The fourth-order valence-electron chi connectivity index (χ4n) is 4.80. The summed E-state index contributed by atoms with van der Waals surface area (Å²) in [6, 6.07) is 8.22. The van der Waals surface area contributed by atoms with Crippen LogP contribution in [0.4, 0.5) is 0 Å². The standard InChI is InChI=1S/C30H39N5O5/c1-18(2)25-26(36)31-19(3)27(37)35-15-7-8-23(33-35)28(38)34(6)17-22-12-11-21-10-9-20(16-24(21)32-22)13-14-30(4,5)29(39)40-25/h9-14,16,18-19,23,25,33H,7-8,15,17H2,1-6H3,(H,31,36)/t19-,23-,25-/m0/s1. The molecule has 2 aromatic rings. The Morgan fingerprint density at radius 2 is 1.80 bits per heavy atom. The van der Waals surface area contributed by atoms with Crippen molar-refractivity contribution >= 4 is 40.7 Å². The summed E-state index contributed by atoms with van der Waals surface area (Å²) in [5.41, 5.74) is 4.39. The van der Waals surface area contributed by atoms with E-state index in [9.17, 15) is 19.2 Å². The molecule has 3 amide bonds. The fourth-order valence-corrected chi connectivity index (χ4v) is 4.80. The van der Waals surface area contributed by atoms with E-state index in [-0.39, 0.29) is 17.7 Å². The second-order valence-corrected chi connectivity index (χ2v) is 11.6. The van der Waals surface area contributed by atoms with E-state index in [0.29, 0.717) is 25.9 Å². The smallest absolute Gasteiger partial charge is 0.316 e. The zero-order chi connectivity index (χ0) is 29.2. The predicted molar refractivity (Wildman–Crippen MR) is 151 cm³/mol. The number of benzene rings is 1. The third-order valence-corrected chi connectivity index (χ3v) is 7.35. The third-order valence-electron chi connectivity index (χ3n) is 7.35. The van der Waals surface area contributed by atoms with Gasteiger partial charge in [-0.25, -0.2) is 5.43 Å². The first kappa shape index (κ1) is 29.2. The topological polar surface area (TPSA) is 121 Å². The maximum Gasteiger partial charge on any atom is 0.316 e. The Labute approximate surface area is 235 Å². The number of nitrogens with zero attached hydrogens (tertiary/aromatic N) is 3. The van der Waals surface area contributed by atoms with Crippen LogP contribution in [0.15, 0.2) is 36.4 Å². The summed E-state index contributed by atoms with van der Waals surface area (Å²) in [6.07, 6.45) is 3.71. The molecule has 0 saturated carbocycles. The van der Waals surface area contributed by atoms with Crippen molar-refractivity contribution < 1.29 is 23.9 Å². The molecular weight excluding hydrogens is 510 g/mol. The maximum atomic E-state index is 13.3. The van der Waals surface area contributed by atoms with E-state index in [1.165, 1.54) is 5.01 Å². The largest absolute Gasteiger partial charge is 0.451 e. The Balaban J connectivity index is 1.70. The molecule has 2 aliphatic rings. The highest BCUT2D eigenvalue weighted by Gasteiger charge is 2.36. The molecule has 214 valence electrons. The average molecular weight is 550 g/mol. The average Bonchev–Trinajstić information content (AvgIpc) is 2.92. The second-order valence-electron chi connectivity index (χ2n) is 11.6. The number of aromatic nitrogens is 1. The highest BCUT2D eigenvalue weighted by atomic mass is 16.5. The Hall–Kier alpha value is -3.79. The molecule has 3 heterocycles. The van der Waals surface area contributed by atoms with E-state index in [4.69, 9.17) is 9.72 Å². The molecule has 0 unspecified atom stereocenters. The number of cyclic esters (lactones) is 1. The monoisotopic (exact) mass is 549 g/mol. The van der Waals surface area contributed by atoms with Gasteiger partial charge in [-0.15, -0.1) is 0 Å². The SMILES string of the molecule is CC(C)[C@@H]1OC(=O)C(C)(C)C=Cc2ccc3ccc(nc3c2)CN(C)C(=O)[C@@H]2CCCN(N2)C(=O)[C@H](C)NC1=O. The van der Waals surface area contributed by atoms with E-state index in [0.717, 1.165) is 22.2 Å². The van der Waals surface area contributed by atoms with Crippen molar-refractivity contribution in [2.75, 3.05) is 13.6 Å². The number of hydrazine groups is 1. The number of esters is 1. The molecule has 40 heavy (non-hydrogen) atoms. The number of carbonyl (C=O) groups is 4. The van der Waals surface area contributed by atoms with Gasteiger partial charge in [0, 0.05) is 19.0 Å². The molecule has 2 aliphatic heterocycles. The number of hydrogen-bond acceptors (Lipinski definition) is 7. The molecule has 1 aromatic heterocycles. The van der Waals surface area contributed by atoms with E-state index in [1.807, 2.05) is 36.4 Å². The quantitative estimate of drug-likeness (QED) is 0.525. The molecule has 10 heteroatoms. The summed E-state index contributed by atoms with van der Waals surface area (Å²) < 4.78 is 5.70. The van der Waals surface area contributed by atoms with Gasteiger partial charge < -0.3 is 15.0 Å². The lowest BCUT2D eigenvalue weighted by Crippen LogP contribution is -2.61. The van der Waals surface area contributed by atoms with Crippen molar-refractivity contribution in [3.8, 4) is 0 Å². The molecule has 0 radical (unpaired) electrons. The van der Waals surface area contributed by atoms with Crippen LogP contribution in [0.2, 0.25) is 0 Å². The fraction of sp³-hybridized carbons (Fsp3) is 0.500. The number of nitrogens with one attached hydrogen (secondary N) is 2. The van der Waals surface area contributed by atoms with Gasteiger partial charge in [-0.05, 0) is 57.2 Å². The molecule has 3 atom stereocenters. The van der Waals surface area contributed by atoms with E-state index in [1.54, 1.807) is 52.6 Å². The molecule has 0 spiro atoms. The Morgan fingerprint density at radius 1 is 1.07 bits per heavy atom. The summed E-state index contributed by atoms with van der Waals surface area (Å²) >= 11 is 0. The van der Waals surface area contributed by atoms with Gasteiger partial charge in [0.25, 0.3) is 11.8 Å². The summed E-state index contributed by atoms with van der Waals surface area (Å²) in [5, 5.41) is 5.05. The molecule has 10 nitrogen and oxygen atoms in total. The molecule has 1 saturated heterocycles. The van der Waals surface area contributed by atoms with Gasteiger partial charge in [-0.3, -0.25) is 29.2 Å². The normalized spacial score (nSPS) is 24.8. The lowest BCUT2D eigenvalue weighted by atomic mass is 9.92. The van der Waals surface area contributed by atoms with Crippen molar-refractivity contribution in [1.29, 1.82) is 0 Å². The maximum absolute atomic E-state index is 13.3. The number of pyridine rings is 1. The van der Waals surface area contributed by atoms with E-state index >= 15 is 0 Å². The van der Waals surface area contributed by atoms with Gasteiger partial charge in [0.05, 0.1) is 23.2 Å². The van der Waals surface area contributed by atoms with Crippen LogP contribution in [0.1, 0.15) is 58.7 Å². The lowest BCUT2D eigenvalue weighted by Gasteiger charge is -2.36. The summed E-state index contributed by atoms with van der Waals surface area (Å²) in [4.78, 5) is 59.2. The van der Waals surface area contributed by atoms with Gasteiger partial charge in [0.15, 0.2) is 6.10 Å². The van der Waals surface area contributed by atoms with Crippen LogP contribution in [-0.2, 0) is 30.5 Å². The number of carbonyl (C=O) groups excluding carboxylic acids is 4. The van der Waals surface area contributed by atoms with Gasteiger partial charge in [0.2, 0.25) is 5.91 Å². The first-order valence-electron chi connectivity index (χ1n) is 13.8. The molecular formula is C30H39N5O5. The lowest BCUT2D eigenvalue weighted by molar-refractivity contribution is -0.165. The molecule has 5 bridgehead atoms. The highest BCUT2D eigenvalue weighted by molar-refractivity contribution is 5.91. The number of likely N-dealkylation sites (N-methyl/N-ethyl adjacent to an activating group) is 1. The van der Waals surface area contributed by atoms with Crippen LogP contribution in [0.3, 0.4) is 0 Å². The van der Waals surface area contributed by atoms with Gasteiger partial charge in [-0.1, -0.05) is 44.2 Å². The van der Waals surface area contributed by atoms with Crippen molar-refractivity contribution in [2.45, 2.75) is 72.2 Å². The van der Waals surface area contributed by atoms with Crippen LogP contribution in [-0.4, -0.2) is 70.4 Å². The van der Waals surface area contributed by atoms with Gasteiger partial charge in [0.1, 0.15) is 12.1 Å². The molecule has 2 N–H and O–H groups in total. The minimum Gasteiger partial charge on any atom is -0.451 e. The summed E-state index contributed by atoms with van der Waals surface area (Å²) in [6.45, 7) is 9.31. The van der Waals surface area contributed by atoms with Gasteiger partial charge in [-0.2, -0.15) is 0 Å². The van der Waals surface area contributed by atoms with E-state index in [2.05, 4.69) is 10.7 Å². The highest BCUT2D eigenvalue weighted by Crippen LogP contribution is 2.25. The number of amides is 3. The third kappa shape index (κ3) is 6.50. The Morgan fingerprint density at radius 3 is 2.52 bits per heavy atom. The molecule has 1 fully saturated rings. The van der Waals surface area contributed by atoms with E-state index < -0.39 is 35.5 Å². The minimum absolute atomic E-state index is 0.146. The number of hydrogen-bond donors (Lipinski definition) is 2. The van der Waals surface area contributed by atoms with Crippen molar-refractivity contribution in [1.82, 2.24) is 25.6 Å². The molecule has 4 rings (SSSR count). The minimum atomic E-state index is -1.08.